The second-order valence-corrected chi connectivity index (χ2v) is 6.22. The van der Waals surface area contributed by atoms with E-state index in [1.54, 1.807) is 0 Å². The van der Waals surface area contributed by atoms with Gasteiger partial charge in [-0.1, -0.05) is 33.1 Å². The van der Waals surface area contributed by atoms with Crippen LogP contribution < -0.4 is 5.32 Å². The number of rotatable bonds is 6. The van der Waals surface area contributed by atoms with Crippen molar-refractivity contribution in [3.05, 3.63) is 23.8 Å². The highest BCUT2D eigenvalue weighted by Crippen LogP contribution is 2.37. The molecule has 112 valence electrons. The van der Waals surface area contributed by atoms with Crippen LogP contribution in [0.15, 0.2) is 12.4 Å². The first-order valence-corrected chi connectivity index (χ1v) is 8.26. The molecule has 1 N–H and O–H groups in total. The van der Waals surface area contributed by atoms with E-state index in [-0.39, 0.29) is 0 Å². The van der Waals surface area contributed by atoms with E-state index in [9.17, 15) is 0 Å². The Morgan fingerprint density at radius 1 is 1.25 bits per heavy atom. The third-order valence-corrected chi connectivity index (χ3v) is 4.61. The molecule has 1 aliphatic rings. The summed E-state index contributed by atoms with van der Waals surface area (Å²) < 4.78 is 0. The lowest BCUT2D eigenvalue weighted by Crippen LogP contribution is -2.33. The van der Waals surface area contributed by atoms with Crippen molar-refractivity contribution >= 4 is 0 Å². The molecule has 3 heteroatoms. The quantitative estimate of drug-likeness (QED) is 0.851. The highest BCUT2D eigenvalue weighted by atomic mass is 15.0. The molecule has 0 spiro atoms. The third-order valence-electron chi connectivity index (χ3n) is 4.61. The van der Waals surface area contributed by atoms with Crippen molar-refractivity contribution in [3.63, 3.8) is 0 Å². The van der Waals surface area contributed by atoms with Gasteiger partial charge in [0, 0.05) is 6.20 Å². The van der Waals surface area contributed by atoms with Crippen molar-refractivity contribution in [1.82, 2.24) is 15.3 Å². The molecule has 0 saturated heterocycles. The van der Waals surface area contributed by atoms with Crippen LogP contribution in [0.25, 0.3) is 0 Å². The van der Waals surface area contributed by atoms with Gasteiger partial charge >= 0.3 is 0 Å². The zero-order valence-corrected chi connectivity index (χ0v) is 13.2. The van der Waals surface area contributed by atoms with Crippen LogP contribution in [-0.4, -0.2) is 16.5 Å². The summed E-state index contributed by atoms with van der Waals surface area (Å²) in [5.41, 5.74) is 2.13. The fourth-order valence-electron chi connectivity index (χ4n) is 3.38. The highest BCUT2D eigenvalue weighted by molar-refractivity contribution is 5.08. The van der Waals surface area contributed by atoms with Gasteiger partial charge in [0.25, 0.3) is 0 Å². The van der Waals surface area contributed by atoms with Gasteiger partial charge in [-0.3, -0.25) is 9.97 Å². The molecule has 3 unspecified atom stereocenters. The average Bonchev–Trinajstić information content (AvgIpc) is 2.49. The van der Waals surface area contributed by atoms with Crippen molar-refractivity contribution in [2.45, 2.75) is 65.3 Å². The largest absolute Gasteiger partial charge is 0.308 e. The summed E-state index contributed by atoms with van der Waals surface area (Å²) in [5.74, 6) is 1.62. The molecule has 0 radical (unpaired) electrons. The number of nitrogens with one attached hydrogen (secondary N) is 1. The van der Waals surface area contributed by atoms with Gasteiger partial charge in [-0.2, -0.15) is 0 Å². The Labute approximate surface area is 123 Å². The van der Waals surface area contributed by atoms with Crippen molar-refractivity contribution in [3.8, 4) is 0 Å². The molecule has 1 heterocycles. The maximum atomic E-state index is 4.63. The van der Waals surface area contributed by atoms with Gasteiger partial charge in [0.1, 0.15) is 0 Å². The molecule has 20 heavy (non-hydrogen) atoms. The predicted molar refractivity (Wildman–Crippen MR) is 83.5 cm³/mol. The van der Waals surface area contributed by atoms with E-state index in [1.165, 1.54) is 38.5 Å². The van der Waals surface area contributed by atoms with Crippen LogP contribution in [0, 0.1) is 18.8 Å². The minimum absolute atomic E-state index is 0.386. The zero-order valence-electron chi connectivity index (χ0n) is 13.2. The van der Waals surface area contributed by atoms with Gasteiger partial charge in [-0.05, 0) is 44.6 Å². The molecular weight excluding hydrogens is 246 g/mol. The molecule has 1 aromatic heterocycles. The third kappa shape index (κ3) is 4.02. The summed E-state index contributed by atoms with van der Waals surface area (Å²) in [6.45, 7) is 7.61. The van der Waals surface area contributed by atoms with Crippen molar-refractivity contribution in [2.24, 2.45) is 11.8 Å². The van der Waals surface area contributed by atoms with Crippen LogP contribution >= 0.6 is 0 Å². The fourth-order valence-corrected chi connectivity index (χ4v) is 3.38. The molecule has 0 amide bonds. The Hall–Kier alpha value is -0.960. The van der Waals surface area contributed by atoms with Gasteiger partial charge in [0.2, 0.25) is 0 Å². The second kappa shape index (κ2) is 7.72. The van der Waals surface area contributed by atoms with Gasteiger partial charge in [-0.25, -0.2) is 0 Å². The van der Waals surface area contributed by atoms with Crippen LogP contribution in [0.3, 0.4) is 0 Å². The molecule has 1 aromatic rings. The lowest BCUT2D eigenvalue weighted by molar-refractivity contribution is 0.207. The van der Waals surface area contributed by atoms with Crippen LogP contribution in [0.1, 0.15) is 69.8 Å². The first-order chi connectivity index (χ1) is 9.74. The van der Waals surface area contributed by atoms with Crippen LogP contribution in [0.4, 0.5) is 0 Å². The maximum absolute atomic E-state index is 4.63. The standard InChI is InChI=1S/C17H29N3/c1-4-9-18-17(16-12-19-13(3)11-20-16)15-8-6-7-14(5-2)10-15/h11-12,14-15,17-18H,4-10H2,1-3H3. The fraction of sp³-hybridized carbons (Fsp3) is 0.765. The average molecular weight is 275 g/mol. The van der Waals surface area contributed by atoms with E-state index >= 15 is 0 Å². The van der Waals surface area contributed by atoms with E-state index in [1.807, 2.05) is 19.3 Å². The lowest BCUT2D eigenvalue weighted by Gasteiger charge is -2.34. The number of nitrogens with zero attached hydrogens (tertiary/aromatic N) is 2. The van der Waals surface area contributed by atoms with Crippen LogP contribution in [0.5, 0.6) is 0 Å². The topological polar surface area (TPSA) is 37.8 Å². The maximum Gasteiger partial charge on any atom is 0.0759 e. The van der Waals surface area contributed by atoms with E-state index in [4.69, 9.17) is 0 Å². The Kier molecular flexibility index (Phi) is 5.96. The van der Waals surface area contributed by atoms with Crippen molar-refractivity contribution < 1.29 is 0 Å². The summed E-state index contributed by atoms with van der Waals surface area (Å²) in [6, 6.07) is 0.386. The summed E-state index contributed by atoms with van der Waals surface area (Å²) >= 11 is 0. The first-order valence-electron chi connectivity index (χ1n) is 8.26. The summed E-state index contributed by atoms with van der Waals surface area (Å²) in [5, 5.41) is 3.72. The molecule has 0 bridgehead atoms. The Morgan fingerprint density at radius 2 is 2.10 bits per heavy atom. The first kappa shape index (κ1) is 15.4. The minimum atomic E-state index is 0.386. The number of aromatic nitrogens is 2. The highest BCUT2D eigenvalue weighted by Gasteiger charge is 2.29. The van der Waals surface area contributed by atoms with Crippen molar-refractivity contribution in [1.29, 1.82) is 0 Å². The number of aryl methyl sites for hydroxylation is 1. The van der Waals surface area contributed by atoms with Crippen LogP contribution in [-0.2, 0) is 0 Å². The number of hydrogen-bond donors (Lipinski definition) is 1. The molecule has 3 atom stereocenters. The van der Waals surface area contributed by atoms with Gasteiger partial charge in [-0.15, -0.1) is 0 Å². The minimum Gasteiger partial charge on any atom is -0.308 e. The predicted octanol–water partition coefficient (Wildman–Crippen LogP) is 4.04. The van der Waals surface area contributed by atoms with E-state index in [2.05, 4.69) is 29.1 Å². The lowest BCUT2D eigenvalue weighted by atomic mass is 9.76. The molecule has 0 aromatic carbocycles. The summed E-state index contributed by atoms with van der Waals surface area (Å²) in [7, 11) is 0. The summed E-state index contributed by atoms with van der Waals surface area (Å²) in [4.78, 5) is 9.07. The zero-order chi connectivity index (χ0) is 14.4. The van der Waals surface area contributed by atoms with E-state index in [0.717, 1.165) is 29.8 Å². The molecule has 1 aliphatic carbocycles. The van der Waals surface area contributed by atoms with Gasteiger partial charge in [0.05, 0.1) is 23.6 Å². The Bertz CT molecular complexity index is 388. The van der Waals surface area contributed by atoms with Gasteiger partial charge < -0.3 is 5.32 Å². The second-order valence-electron chi connectivity index (χ2n) is 6.22. The monoisotopic (exact) mass is 275 g/mol. The Morgan fingerprint density at radius 3 is 2.75 bits per heavy atom. The molecule has 1 fully saturated rings. The molecule has 1 saturated carbocycles. The summed E-state index contributed by atoms with van der Waals surface area (Å²) in [6.07, 6.45) is 11.8. The van der Waals surface area contributed by atoms with Crippen molar-refractivity contribution in [2.75, 3.05) is 6.54 Å². The number of hydrogen-bond acceptors (Lipinski definition) is 3. The molecule has 0 aliphatic heterocycles. The van der Waals surface area contributed by atoms with E-state index in [0.29, 0.717) is 6.04 Å². The van der Waals surface area contributed by atoms with Gasteiger partial charge in [0.15, 0.2) is 0 Å². The van der Waals surface area contributed by atoms with Crippen LogP contribution in [0.2, 0.25) is 0 Å². The molecule has 2 rings (SSSR count). The van der Waals surface area contributed by atoms with E-state index < -0.39 is 0 Å². The smallest absolute Gasteiger partial charge is 0.0759 e. The normalized spacial score (nSPS) is 24.6. The SMILES string of the molecule is CCCNC(c1cnc(C)cn1)C1CCCC(CC)C1. The molecular formula is C17H29N3. The Balaban J connectivity index is 2.11. The molecule has 3 nitrogen and oxygen atoms in total.